The molecule has 1 heterocycles. The van der Waals surface area contributed by atoms with Crippen LogP contribution in [0.4, 0.5) is 4.39 Å². The number of hydrogen-bond donors (Lipinski definition) is 0. The lowest BCUT2D eigenvalue weighted by Gasteiger charge is -2.32. The van der Waals surface area contributed by atoms with Gasteiger partial charge in [-0.25, -0.2) is 4.39 Å². The number of carbonyl (C=O) groups excluding carboxylic acids is 1. The maximum Gasteiger partial charge on any atom is 0.253 e. The molecule has 1 aliphatic heterocycles. The van der Waals surface area contributed by atoms with Gasteiger partial charge in [-0.1, -0.05) is 24.3 Å². The van der Waals surface area contributed by atoms with Gasteiger partial charge >= 0.3 is 0 Å². The summed E-state index contributed by atoms with van der Waals surface area (Å²) in [6.45, 7) is 2.06. The van der Waals surface area contributed by atoms with Crippen LogP contribution in [0.2, 0.25) is 0 Å². The predicted octanol–water partition coefficient (Wildman–Crippen LogP) is 3.76. The van der Waals surface area contributed by atoms with Crippen molar-refractivity contribution < 1.29 is 13.9 Å². The summed E-state index contributed by atoms with van der Waals surface area (Å²) >= 11 is 0. The first kappa shape index (κ1) is 15.5. The molecule has 23 heavy (non-hydrogen) atoms. The second kappa shape index (κ2) is 7.27. The van der Waals surface area contributed by atoms with Crippen LogP contribution in [0.5, 0.6) is 5.75 Å². The van der Waals surface area contributed by atoms with E-state index in [2.05, 4.69) is 0 Å². The fourth-order valence-corrected chi connectivity index (χ4v) is 2.84. The van der Waals surface area contributed by atoms with E-state index in [0.717, 1.165) is 18.6 Å². The molecule has 0 unspecified atom stereocenters. The maximum atomic E-state index is 13.2. The highest BCUT2D eigenvalue weighted by Gasteiger charge is 2.24. The van der Waals surface area contributed by atoms with Crippen molar-refractivity contribution in [2.75, 3.05) is 19.7 Å². The summed E-state index contributed by atoms with van der Waals surface area (Å²) in [6.07, 6.45) is 1.82. The van der Waals surface area contributed by atoms with Crippen LogP contribution in [0.15, 0.2) is 54.6 Å². The van der Waals surface area contributed by atoms with Crippen LogP contribution in [0, 0.1) is 11.7 Å². The predicted molar refractivity (Wildman–Crippen MR) is 87.0 cm³/mol. The van der Waals surface area contributed by atoms with Gasteiger partial charge in [0.1, 0.15) is 11.6 Å². The molecule has 1 aliphatic rings. The number of carbonyl (C=O) groups is 1. The van der Waals surface area contributed by atoms with Gasteiger partial charge in [-0.05, 0) is 49.1 Å². The summed E-state index contributed by atoms with van der Waals surface area (Å²) in [5, 5.41) is 0. The largest absolute Gasteiger partial charge is 0.493 e. The lowest BCUT2D eigenvalue weighted by atomic mass is 9.97. The molecule has 0 atom stereocenters. The van der Waals surface area contributed by atoms with Crippen LogP contribution in [0.3, 0.4) is 0 Å². The number of likely N-dealkylation sites (tertiary alicyclic amines) is 1. The van der Waals surface area contributed by atoms with Gasteiger partial charge in [0.2, 0.25) is 0 Å². The molecular weight excluding hydrogens is 293 g/mol. The van der Waals surface area contributed by atoms with Crippen molar-refractivity contribution in [1.82, 2.24) is 4.90 Å². The van der Waals surface area contributed by atoms with Gasteiger partial charge < -0.3 is 9.64 Å². The molecule has 120 valence electrons. The molecular formula is C19H20FNO2. The van der Waals surface area contributed by atoms with Gasteiger partial charge in [-0.15, -0.1) is 0 Å². The van der Waals surface area contributed by atoms with E-state index in [1.54, 1.807) is 17.0 Å². The third-order valence-electron chi connectivity index (χ3n) is 4.20. The van der Waals surface area contributed by atoms with E-state index in [0.29, 0.717) is 31.2 Å². The molecule has 0 aliphatic carbocycles. The average molecular weight is 313 g/mol. The van der Waals surface area contributed by atoms with Crippen LogP contribution < -0.4 is 4.74 Å². The highest BCUT2D eigenvalue weighted by molar-refractivity contribution is 5.94. The lowest BCUT2D eigenvalue weighted by Crippen LogP contribution is -2.39. The molecule has 0 N–H and O–H groups in total. The summed E-state index contributed by atoms with van der Waals surface area (Å²) in [4.78, 5) is 14.2. The molecule has 4 heteroatoms. The van der Waals surface area contributed by atoms with Gasteiger partial charge in [0, 0.05) is 18.7 Å². The highest BCUT2D eigenvalue weighted by Crippen LogP contribution is 2.21. The van der Waals surface area contributed by atoms with Crippen molar-refractivity contribution in [3.8, 4) is 5.75 Å². The lowest BCUT2D eigenvalue weighted by molar-refractivity contribution is 0.0660. The topological polar surface area (TPSA) is 29.5 Å². The zero-order chi connectivity index (χ0) is 16.1. The van der Waals surface area contributed by atoms with Crippen LogP contribution in [-0.2, 0) is 0 Å². The van der Waals surface area contributed by atoms with Crippen LogP contribution in [-0.4, -0.2) is 30.5 Å². The van der Waals surface area contributed by atoms with Crippen LogP contribution in [0.25, 0.3) is 0 Å². The number of halogens is 1. The van der Waals surface area contributed by atoms with E-state index >= 15 is 0 Å². The normalized spacial score (nSPS) is 15.4. The molecule has 0 aromatic heterocycles. The molecule has 2 aromatic carbocycles. The molecule has 1 saturated heterocycles. The fourth-order valence-electron chi connectivity index (χ4n) is 2.84. The van der Waals surface area contributed by atoms with Crippen molar-refractivity contribution in [3.05, 3.63) is 66.0 Å². The van der Waals surface area contributed by atoms with E-state index in [1.165, 1.54) is 12.1 Å². The van der Waals surface area contributed by atoms with Gasteiger partial charge in [0.05, 0.1) is 6.61 Å². The number of hydrogen-bond acceptors (Lipinski definition) is 2. The van der Waals surface area contributed by atoms with E-state index in [4.69, 9.17) is 4.74 Å². The second-order valence-electron chi connectivity index (χ2n) is 5.87. The number of amides is 1. The third-order valence-corrected chi connectivity index (χ3v) is 4.20. The van der Waals surface area contributed by atoms with Crippen LogP contribution in [0.1, 0.15) is 23.2 Å². The molecule has 0 radical (unpaired) electrons. The second-order valence-corrected chi connectivity index (χ2v) is 5.87. The Hall–Kier alpha value is -2.36. The van der Waals surface area contributed by atoms with E-state index in [1.807, 2.05) is 30.3 Å². The molecule has 0 saturated carbocycles. The smallest absolute Gasteiger partial charge is 0.253 e. The first-order valence-corrected chi connectivity index (χ1v) is 7.95. The average Bonchev–Trinajstić information content (AvgIpc) is 2.61. The summed E-state index contributed by atoms with van der Waals surface area (Å²) in [5.41, 5.74) is 0.420. The number of ether oxygens (including phenoxy) is 1. The first-order valence-electron chi connectivity index (χ1n) is 7.95. The van der Waals surface area contributed by atoms with Gasteiger partial charge in [-0.2, -0.15) is 0 Å². The van der Waals surface area contributed by atoms with Gasteiger partial charge in [-0.3, -0.25) is 4.79 Å². The number of para-hydroxylation sites is 1. The van der Waals surface area contributed by atoms with Gasteiger partial charge in [0.25, 0.3) is 5.91 Å². The van der Waals surface area contributed by atoms with Gasteiger partial charge in [0.15, 0.2) is 0 Å². The standard InChI is InChI=1S/C19H20FNO2/c20-17-6-4-5-16(13-17)19(22)21-11-9-15(10-12-21)14-23-18-7-2-1-3-8-18/h1-8,13,15H,9-12,14H2. The fraction of sp³-hybridized carbons (Fsp3) is 0.316. The third kappa shape index (κ3) is 4.09. The Morgan fingerprint density at radius 1 is 1.09 bits per heavy atom. The summed E-state index contributed by atoms with van der Waals surface area (Å²) in [7, 11) is 0. The summed E-state index contributed by atoms with van der Waals surface area (Å²) < 4.78 is 19.0. The number of piperidine rings is 1. The highest BCUT2D eigenvalue weighted by atomic mass is 19.1. The molecule has 3 rings (SSSR count). The van der Waals surface area contributed by atoms with E-state index in [9.17, 15) is 9.18 Å². The van der Waals surface area contributed by atoms with E-state index < -0.39 is 0 Å². The van der Waals surface area contributed by atoms with Crippen molar-refractivity contribution in [3.63, 3.8) is 0 Å². The minimum Gasteiger partial charge on any atom is -0.493 e. The summed E-state index contributed by atoms with van der Waals surface area (Å²) in [6, 6.07) is 15.6. The Morgan fingerprint density at radius 2 is 1.83 bits per heavy atom. The molecule has 0 spiro atoms. The maximum absolute atomic E-state index is 13.2. The Balaban J connectivity index is 1.49. The Morgan fingerprint density at radius 3 is 2.52 bits per heavy atom. The molecule has 0 bridgehead atoms. The molecule has 3 nitrogen and oxygen atoms in total. The van der Waals surface area contributed by atoms with Crippen molar-refractivity contribution in [1.29, 1.82) is 0 Å². The SMILES string of the molecule is O=C(c1cccc(F)c1)N1CCC(COc2ccccc2)CC1. The Bertz CT molecular complexity index is 651. The van der Waals surface area contributed by atoms with E-state index in [-0.39, 0.29) is 11.7 Å². The zero-order valence-corrected chi connectivity index (χ0v) is 13.0. The number of nitrogens with zero attached hydrogens (tertiary/aromatic N) is 1. The number of rotatable bonds is 4. The quantitative estimate of drug-likeness (QED) is 0.860. The first-order chi connectivity index (χ1) is 11.2. The molecule has 1 fully saturated rings. The minimum absolute atomic E-state index is 0.0908. The molecule has 2 aromatic rings. The zero-order valence-electron chi connectivity index (χ0n) is 13.0. The Labute approximate surface area is 135 Å². The monoisotopic (exact) mass is 313 g/mol. The Kier molecular flexibility index (Phi) is 4.91. The molecule has 1 amide bonds. The minimum atomic E-state index is -0.373. The van der Waals surface area contributed by atoms with Crippen LogP contribution >= 0.6 is 0 Å². The van der Waals surface area contributed by atoms with Crippen molar-refractivity contribution in [2.24, 2.45) is 5.92 Å². The van der Waals surface area contributed by atoms with Crippen molar-refractivity contribution >= 4 is 5.91 Å². The van der Waals surface area contributed by atoms with Crippen molar-refractivity contribution in [2.45, 2.75) is 12.8 Å². The summed E-state index contributed by atoms with van der Waals surface area (Å²) in [5.74, 6) is 0.867. The number of benzene rings is 2.